The second-order valence-electron chi connectivity index (χ2n) is 6.49. The Hall–Kier alpha value is -1.45. The Morgan fingerprint density at radius 1 is 0.926 bits per heavy atom. The van der Waals surface area contributed by atoms with Crippen molar-refractivity contribution in [2.24, 2.45) is 0 Å². The molecule has 0 heterocycles. The molecule has 2 aromatic rings. The molecule has 6 nitrogen and oxygen atoms in total. The highest BCUT2D eigenvalue weighted by molar-refractivity contribution is 7.92. The van der Waals surface area contributed by atoms with E-state index in [4.69, 9.17) is 11.6 Å². The van der Waals surface area contributed by atoms with Crippen LogP contribution in [0.2, 0.25) is 5.02 Å². The van der Waals surface area contributed by atoms with Gasteiger partial charge in [0.05, 0.1) is 0 Å². The number of hydrogen-bond donors (Lipinski definition) is 2. The number of hydrogen-bond acceptors (Lipinski definition) is 4. The third kappa shape index (κ3) is 4.52. The van der Waals surface area contributed by atoms with Gasteiger partial charge in [-0.2, -0.15) is 0 Å². The van der Waals surface area contributed by atoms with Crippen LogP contribution >= 0.6 is 11.6 Å². The first-order valence-corrected chi connectivity index (χ1v) is 11.9. The van der Waals surface area contributed by atoms with Crippen LogP contribution in [0.25, 0.3) is 0 Å². The molecular formula is C18H21ClN2O4S2. The molecule has 0 bridgehead atoms. The van der Waals surface area contributed by atoms with Gasteiger partial charge < -0.3 is 0 Å². The summed E-state index contributed by atoms with van der Waals surface area (Å²) < 4.78 is 55.2. The van der Waals surface area contributed by atoms with E-state index in [1.54, 1.807) is 6.92 Å². The highest BCUT2D eigenvalue weighted by atomic mass is 35.5. The van der Waals surface area contributed by atoms with E-state index in [0.29, 0.717) is 17.9 Å². The maximum Gasteiger partial charge on any atom is 0.242 e. The van der Waals surface area contributed by atoms with Crippen molar-refractivity contribution in [2.75, 3.05) is 6.54 Å². The van der Waals surface area contributed by atoms with Gasteiger partial charge in [-0.1, -0.05) is 42.8 Å². The highest BCUT2D eigenvalue weighted by Crippen LogP contribution is 2.38. The van der Waals surface area contributed by atoms with Gasteiger partial charge >= 0.3 is 0 Å². The Balaban J connectivity index is 1.75. The fourth-order valence-electron chi connectivity index (χ4n) is 3.17. The van der Waals surface area contributed by atoms with Crippen LogP contribution in [0.3, 0.4) is 0 Å². The first-order chi connectivity index (χ1) is 12.7. The summed E-state index contributed by atoms with van der Waals surface area (Å²) >= 11 is 5.89. The van der Waals surface area contributed by atoms with Crippen molar-refractivity contribution in [1.82, 2.24) is 9.44 Å². The number of sulfonamides is 2. The smallest absolute Gasteiger partial charge is 0.211 e. The minimum absolute atomic E-state index is 0.176. The summed E-state index contributed by atoms with van der Waals surface area (Å²) in [5, 5.41) is 0.661. The van der Waals surface area contributed by atoms with Crippen molar-refractivity contribution in [3.05, 3.63) is 59.1 Å². The molecule has 0 aliphatic heterocycles. The average Bonchev–Trinajstić information content (AvgIpc) is 2.59. The van der Waals surface area contributed by atoms with Crippen LogP contribution in [-0.4, -0.2) is 29.4 Å². The largest absolute Gasteiger partial charge is 0.242 e. The van der Waals surface area contributed by atoms with Crippen molar-refractivity contribution in [1.29, 1.82) is 0 Å². The fourth-order valence-corrected chi connectivity index (χ4v) is 6.43. The molecule has 0 unspecified atom stereocenters. The van der Waals surface area contributed by atoms with E-state index in [9.17, 15) is 16.8 Å². The summed E-state index contributed by atoms with van der Waals surface area (Å²) in [7, 11) is -7.84. The van der Waals surface area contributed by atoms with Crippen molar-refractivity contribution in [2.45, 2.75) is 41.5 Å². The lowest BCUT2D eigenvalue weighted by molar-refractivity contribution is 0.326. The van der Waals surface area contributed by atoms with E-state index in [-0.39, 0.29) is 28.3 Å². The van der Waals surface area contributed by atoms with Gasteiger partial charge in [-0.3, -0.25) is 0 Å². The summed E-state index contributed by atoms with van der Waals surface area (Å²) in [5.41, 5.74) is 1.12. The molecule has 0 atom stereocenters. The average molecular weight is 429 g/mol. The molecule has 0 saturated heterocycles. The van der Waals surface area contributed by atoms with E-state index in [1.165, 1.54) is 24.3 Å². The fraction of sp³-hybridized carbons (Fsp3) is 0.333. The maximum absolute atomic E-state index is 12.8. The predicted molar refractivity (Wildman–Crippen MR) is 105 cm³/mol. The predicted octanol–water partition coefficient (Wildman–Crippen LogP) is 2.86. The monoisotopic (exact) mass is 428 g/mol. The van der Waals surface area contributed by atoms with E-state index < -0.39 is 20.0 Å². The highest BCUT2D eigenvalue weighted by Gasteiger charge is 2.35. The Morgan fingerprint density at radius 3 is 2.04 bits per heavy atom. The third-order valence-electron chi connectivity index (χ3n) is 4.56. The van der Waals surface area contributed by atoms with Gasteiger partial charge in [0.2, 0.25) is 20.0 Å². The van der Waals surface area contributed by atoms with E-state index in [2.05, 4.69) is 9.44 Å². The molecule has 27 heavy (non-hydrogen) atoms. The molecule has 1 aliphatic rings. The van der Waals surface area contributed by atoms with Crippen molar-refractivity contribution in [3.8, 4) is 0 Å². The summed E-state index contributed by atoms with van der Waals surface area (Å²) in [6, 6.07) is 12.9. The van der Waals surface area contributed by atoms with Crippen LogP contribution < -0.4 is 9.44 Å². The van der Waals surface area contributed by atoms with Crippen LogP contribution in [-0.2, 0) is 20.0 Å². The molecule has 0 amide bonds. The molecule has 2 N–H and O–H groups in total. The van der Waals surface area contributed by atoms with Crippen LogP contribution in [0.5, 0.6) is 0 Å². The second kappa shape index (κ2) is 7.89. The Morgan fingerprint density at radius 2 is 1.48 bits per heavy atom. The van der Waals surface area contributed by atoms with E-state index in [0.717, 1.165) is 5.56 Å². The number of nitrogens with one attached hydrogen (secondary N) is 2. The van der Waals surface area contributed by atoms with Crippen molar-refractivity contribution in [3.63, 3.8) is 0 Å². The molecule has 146 valence electrons. The zero-order valence-corrected chi connectivity index (χ0v) is 17.1. The molecule has 0 aromatic heterocycles. The van der Waals surface area contributed by atoms with Crippen LogP contribution in [0.1, 0.15) is 31.2 Å². The van der Waals surface area contributed by atoms with Gasteiger partial charge in [-0.25, -0.2) is 26.3 Å². The van der Waals surface area contributed by atoms with E-state index in [1.807, 2.05) is 24.3 Å². The minimum atomic E-state index is -3.96. The summed E-state index contributed by atoms with van der Waals surface area (Å²) in [6.07, 6.45) is 1.31. The van der Waals surface area contributed by atoms with Gasteiger partial charge in [0, 0.05) is 17.6 Å². The molecule has 1 fully saturated rings. The Kier molecular flexibility index (Phi) is 5.93. The molecule has 3 rings (SSSR count). The van der Waals surface area contributed by atoms with Crippen LogP contribution in [0.4, 0.5) is 0 Å². The molecule has 0 spiro atoms. The molecule has 9 heteroatoms. The zero-order valence-electron chi connectivity index (χ0n) is 14.7. The lowest BCUT2D eigenvalue weighted by atomic mass is 9.76. The normalized spacial score (nSPS) is 20.2. The van der Waals surface area contributed by atoms with Crippen molar-refractivity contribution < 1.29 is 16.8 Å². The van der Waals surface area contributed by atoms with Gasteiger partial charge in [-0.15, -0.1) is 0 Å². The van der Waals surface area contributed by atoms with Crippen LogP contribution in [0.15, 0.2) is 58.3 Å². The third-order valence-corrected chi connectivity index (χ3v) is 8.13. The standard InChI is InChI=1S/C18H21ClN2O4S2/c1-2-20-26(22,23)17-5-3-4-6-18(17)27(24,25)21-16-11-14(12-16)13-7-9-15(19)10-8-13/h3-10,14,16,20-21H,2,11-12H2,1H3. The zero-order chi connectivity index (χ0) is 19.7. The number of rotatable bonds is 7. The summed E-state index contributed by atoms with van der Waals surface area (Å²) in [5.74, 6) is 0.260. The molecular weight excluding hydrogens is 408 g/mol. The van der Waals surface area contributed by atoms with E-state index >= 15 is 0 Å². The number of halogens is 1. The lowest BCUT2D eigenvalue weighted by Gasteiger charge is -2.36. The molecule has 1 saturated carbocycles. The summed E-state index contributed by atoms with van der Waals surface area (Å²) in [6.45, 7) is 1.81. The maximum atomic E-state index is 12.8. The van der Waals surface area contributed by atoms with Crippen LogP contribution in [0, 0.1) is 0 Å². The molecule has 0 radical (unpaired) electrons. The number of benzene rings is 2. The topological polar surface area (TPSA) is 92.3 Å². The first kappa shape index (κ1) is 20.3. The summed E-state index contributed by atoms with van der Waals surface area (Å²) in [4.78, 5) is -0.478. The van der Waals surface area contributed by atoms with Crippen molar-refractivity contribution >= 4 is 31.6 Å². The van der Waals surface area contributed by atoms with Gasteiger partial charge in [0.1, 0.15) is 9.79 Å². The SMILES string of the molecule is CCNS(=O)(=O)c1ccccc1S(=O)(=O)NC1CC(c2ccc(Cl)cc2)C1. The lowest BCUT2D eigenvalue weighted by Crippen LogP contribution is -2.43. The van der Waals surface area contributed by atoms with Gasteiger partial charge in [-0.05, 0) is 48.6 Å². The molecule has 1 aliphatic carbocycles. The quantitative estimate of drug-likeness (QED) is 0.709. The second-order valence-corrected chi connectivity index (χ2v) is 10.3. The Labute approximate surface area is 165 Å². The van der Waals surface area contributed by atoms with Gasteiger partial charge in [0.15, 0.2) is 0 Å². The Bertz CT molecular complexity index is 1020. The first-order valence-electron chi connectivity index (χ1n) is 8.59. The van der Waals surface area contributed by atoms with Gasteiger partial charge in [0.25, 0.3) is 0 Å². The minimum Gasteiger partial charge on any atom is -0.211 e. The molecule has 2 aromatic carbocycles.